The van der Waals surface area contributed by atoms with Crippen LogP contribution in [0.5, 0.6) is 0 Å². The van der Waals surface area contributed by atoms with Crippen molar-refractivity contribution >= 4 is 29.9 Å². The average molecular weight is 360 g/mol. The summed E-state index contributed by atoms with van der Waals surface area (Å²) in [5.74, 6) is 0.213. The van der Waals surface area contributed by atoms with Crippen LogP contribution >= 0.6 is 12.4 Å². The van der Waals surface area contributed by atoms with Crippen molar-refractivity contribution in [3.8, 4) is 0 Å². The van der Waals surface area contributed by atoms with E-state index < -0.39 is 0 Å². The smallest absolute Gasteiger partial charge is 0.255 e. The zero-order valence-electron chi connectivity index (χ0n) is 14.0. The van der Waals surface area contributed by atoms with Crippen molar-refractivity contribution in [1.29, 1.82) is 0 Å². The van der Waals surface area contributed by atoms with Gasteiger partial charge in [-0.05, 0) is 36.8 Å². The predicted octanol–water partition coefficient (Wildman–Crippen LogP) is 2.62. The van der Waals surface area contributed by atoms with Gasteiger partial charge in [-0.25, -0.2) is 0 Å². The molecule has 1 fully saturated rings. The summed E-state index contributed by atoms with van der Waals surface area (Å²) < 4.78 is 0. The number of anilines is 1. The highest BCUT2D eigenvalue weighted by Gasteiger charge is 2.18. The largest absolute Gasteiger partial charge is 0.352 e. The third kappa shape index (κ3) is 4.81. The van der Waals surface area contributed by atoms with Crippen molar-refractivity contribution in [3.05, 3.63) is 65.2 Å². The second kappa shape index (κ2) is 8.65. The van der Waals surface area contributed by atoms with Crippen molar-refractivity contribution in [1.82, 2.24) is 10.6 Å². The lowest BCUT2D eigenvalue weighted by Crippen LogP contribution is -2.48. The van der Waals surface area contributed by atoms with E-state index in [1.165, 1.54) is 0 Å². The average Bonchev–Trinajstić information content (AvgIpc) is 2.56. The lowest BCUT2D eigenvalue weighted by atomic mass is 10.0. The maximum atomic E-state index is 12.3. The van der Waals surface area contributed by atoms with Crippen LogP contribution in [0.25, 0.3) is 0 Å². The Hall–Kier alpha value is -2.37. The lowest BCUT2D eigenvalue weighted by molar-refractivity contribution is 0.0941. The van der Waals surface area contributed by atoms with Crippen LogP contribution in [0.4, 0.5) is 5.69 Å². The molecule has 0 aromatic heterocycles. The molecule has 0 bridgehead atoms. The molecule has 2 amide bonds. The fourth-order valence-electron chi connectivity index (χ4n) is 2.51. The van der Waals surface area contributed by atoms with Crippen LogP contribution in [0.3, 0.4) is 0 Å². The van der Waals surface area contributed by atoms with Gasteiger partial charge in [-0.1, -0.05) is 24.3 Å². The van der Waals surface area contributed by atoms with E-state index in [9.17, 15) is 9.59 Å². The van der Waals surface area contributed by atoms with Crippen LogP contribution in [0.2, 0.25) is 0 Å². The first-order valence-electron chi connectivity index (χ1n) is 8.09. The van der Waals surface area contributed by atoms with E-state index in [-0.39, 0.29) is 24.2 Å². The lowest BCUT2D eigenvalue weighted by Gasteiger charge is -2.27. The van der Waals surface area contributed by atoms with Gasteiger partial charge in [-0.2, -0.15) is 0 Å². The van der Waals surface area contributed by atoms with Crippen LogP contribution in [0, 0.1) is 12.8 Å². The van der Waals surface area contributed by atoms with Gasteiger partial charge in [0.05, 0.1) is 0 Å². The Morgan fingerprint density at radius 1 is 1.04 bits per heavy atom. The number of carbonyl (C=O) groups excluding carboxylic acids is 2. The number of hydrogen-bond donors (Lipinski definition) is 3. The number of benzene rings is 2. The molecule has 3 rings (SSSR count). The van der Waals surface area contributed by atoms with E-state index in [1.807, 2.05) is 31.2 Å². The molecular formula is C19H22ClN3O2. The van der Waals surface area contributed by atoms with Crippen LogP contribution in [-0.2, 0) is 0 Å². The Kier molecular flexibility index (Phi) is 6.56. The molecule has 1 aliphatic rings. The van der Waals surface area contributed by atoms with Gasteiger partial charge >= 0.3 is 0 Å². The Bertz CT molecular complexity index is 746. The highest BCUT2D eigenvalue weighted by atomic mass is 35.5. The van der Waals surface area contributed by atoms with Crippen molar-refractivity contribution in [2.24, 2.45) is 5.92 Å². The molecule has 0 atom stereocenters. The fraction of sp³-hybridized carbons (Fsp3) is 0.263. The van der Waals surface area contributed by atoms with Crippen LogP contribution in [0.1, 0.15) is 26.3 Å². The first-order valence-corrected chi connectivity index (χ1v) is 8.09. The number of amides is 2. The number of halogens is 1. The molecule has 0 spiro atoms. The van der Waals surface area contributed by atoms with Gasteiger partial charge < -0.3 is 16.0 Å². The van der Waals surface area contributed by atoms with E-state index in [0.29, 0.717) is 29.3 Å². The Morgan fingerprint density at radius 2 is 1.76 bits per heavy atom. The Morgan fingerprint density at radius 3 is 2.40 bits per heavy atom. The fourth-order valence-corrected chi connectivity index (χ4v) is 2.51. The quantitative estimate of drug-likeness (QED) is 0.768. The molecule has 0 aliphatic carbocycles. The van der Waals surface area contributed by atoms with Gasteiger partial charge in [0.25, 0.3) is 11.8 Å². The predicted molar refractivity (Wildman–Crippen MR) is 102 cm³/mol. The SMILES string of the molecule is Cc1ccc(C(=O)NCC2CNC2)cc1NC(=O)c1ccccc1.Cl. The van der Waals surface area contributed by atoms with E-state index >= 15 is 0 Å². The van der Waals surface area contributed by atoms with E-state index in [2.05, 4.69) is 16.0 Å². The van der Waals surface area contributed by atoms with Crippen molar-refractivity contribution < 1.29 is 9.59 Å². The zero-order chi connectivity index (χ0) is 16.9. The minimum Gasteiger partial charge on any atom is -0.352 e. The number of carbonyl (C=O) groups is 2. The molecule has 0 radical (unpaired) electrons. The van der Waals surface area contributed by atoms with Gasteiger partial charge in [-0.3, -0.25) is 9.59 Å². The molecule has 2 aromatic rings. The maximum absolute atomic E-state index is 12.3. The maximum Gasteiger partial charge on any atom is 0.255 e. The summed E-state index contributed by atoms with van der Waals surface area (Å²) in [5, 5.41) is 9.00. The first-order chi connectivity index (χ1) is 11.6. The molecule has 6 heteroatoms. The summed E-state index contributed by atoms with van der Waals surface area (Å²) in [7, 11) is 0. The second-order valence-electron chi connectivity index (χ2n) is 6.08. The van der Waals surface area contributed by atoms with Gasteiger partial charge in [0, 0.05) is 42.4 Å². The number of hydrogen-bond acceptors (Lipinski definition) is 3. The van der Waals surface area contributed by atoms with Crippen LogP contribution in [0.15, 0.2) is 48.5 Å². The minimum atomic E-state index is -0.184. The van der Waals surface area contributed by atoms with Gasteiger partial charge in [0.15, 0.2) is 0 Å². The Balaban J connectivity index is 0.00000225. The first kappa shape index (κ1) is 19.0. The van der Waals surface area contributed by atoms with Crippen LogP contribution in [-0.4, -0.2) is 31.4 Å². The Labute approximate surface area is 153 Å². The second-order valence-corrected chi connectivity index (χ2v) is 6.08. The number of aryl methyl sites for hydroxylation is 1. The molecule has 0 unspecified atom stereocenters. The summed E-state index contributed by atoms with van der Waals surface area (Å²) in [4.78, 5) is 24.6. The molecule has 1 heterocycles. The molecular weight excluding hydrogens is 338 g/mol. The summed E-state index contributed by atoms with van der Waals surface area (Å²) in [5.41, 5.74) is 2.71. The van der Waals surface area contributed by atoms with Gasteiger partial charge in [0.1, 0.15) is 0 Å². The summed E-state index contributed by atoms with van der Waals surface area (Å²) >= 11 is 0. The molecule has 3 N–H and O–H groups in total. The van der Waals surface area contributed by atoms with E-state index in [1.54, 1.807) is 24.3 Å². The highest BCUT2D eigenvalue weighted by molar-refractivity contribution is 6.05. The molecule has 132 valence electrons. The van der Waals surface area contributed by atoms with Crippen molar-refractivity contribution in [2.75, 3.05) is 25.0 Å². The zero-order valence-corrected chi connectivity index (χ0v) is 14.9. The van der Waals surface area contributed by atoms with Crippen molar-refractivity contribution in [3.63, 3.8) is 0 Å². The number of rotatable bonds is 5. The molecule has 2 aromatic carbocycles. The molecule has 0 saturated carbocycles. The monoisotopic (exact) mass is 359 g/mol. The third-order valence-corrected chi connectivity index (χ3v) is 4.20. The minimum absolute atomic E-state index is 0. The van der Waals surface area contributed by atoms with E-state index in [4.69, 9.17) is 0 Å². The highest BCUT2D eigenvalue weighted by Crippen LogP contribution is 2.18. The number of nitrogens with one attached hydrogen (secondary N) is 3. The topological polar surface area (TPSA) is 70.2 Å². The van der Waals surface area contributed by atoms with Gasteiger partial charge in [0.2, 0.25) is 0 Å². The van der Waals surface area contributed by atoms with Crippen LogP contribution < -0.4 is 16.0 Å². The molecule has 1 saturated heterocycles. The standard InChI is InChI=1S/C19H21N3O2.ClH/c1-13-7-8-16(18(23)21-12-14-10-20-11-14)9-17(13)22-19(24)15-5-3-2-4-6-15;/h2-9,14,20H,10-12H2,1H3,(H,21,23)(H,22,24);1H. The molecule has 5 nitrogen and oxygen atoms in total. The summed E-state index contributed by atoms with van der Waals surface area (Å²) in [6, 6.07) is 14.4. The van der Waals surface area contributed by atoms with E-state index in [0.717, 1.165) is 18.7 Å². The molecule has 25 heavy (non-hydrogen) atoms. The van der Waals surface area contributed by atoms with Crippen molar-refractivity contribution in [2.45, 2.75) is 6.92 Å². The normalized spacial score (nSPS) is 13.3. The molecule has 1 aliphatic heterocycles. The summed E-state index contributed by atoms with van der Waals surface area (Å²) in [6.07, 6.45) is 0. The third-order valence-electron chi connectivity index (χ3n) is 4.20. The van der Waals surface area contributed by atoms with Gasteiger partial charge in [-0.15, -0.1) is 12.4 Å². The summed E-state index contributed by atoms with van der Waals surface area (Å²) in [6.45, 7) is 4.48.